The van der Waals surface area contributed by atoms with Crippen LogP contribution in [0.4, 0.5) is 11.4 Å². The summed E-state index contributed by atoms with van der Waals surface area (Å²) in [7, 11) is -3.84. The molecular weight excluding hydrogens is 454 g/mol. The summed E-state index contributed by atoms with van der Waals surface area (Å²) in [5.41, 5.74) is 2.89. The van der Waals surface area contributed by atoms with Crippen molar-refractivity contribution in [1.29, 1.82) is 0 Å². The minimum atomic E-state index is -3.84. The highest BCUT2D eigenvalue weighted by Gasteiger charge is 2.32. The molecule has 0 saturated carbocycles. The summed E-state index contributed by atoms with van der Waals surface area (Å²) in [6.45, 7) is 7.06. The normalized spacial score (nSPS) is 17.2. The molecule has 2 aromatic carbocycles. The van der Waals surface area contributed by atoms with Gasteiger partial charge >= 0.3 is 0 Å². The predicted octanol–water partition coefficient (Wildman–Crippen LogP) is 4.24. The Morgan fingerprint density at radius 1 is 1.17 bits per heavy atom. The Hall–Kier alpha value is -2.19. The number of hydrogen-bond acceptors (Lipinski definition) is 4. The van der Waals surface area contributed by atoms with Crippen molar-refractivity contribution in [3.63, 3.8) is 0 Å². The lowest BCUT2D eigenvalue weighted by atomic mass is 10.1. The molecule has 4 rings (SSSR count). The number of halogens is 1. The quantitative estimate of drug-likeness (QED) is 0.665. The summed E-state index contributed by atoms with van der Waals surface area (Å²) in [4.78, 5) is 16.9. The molecule has 2 aliphatic heterocycles. The van der Waals surface area contributed by atoms with Crippen molar-refractivity contribution in [1.82, 2.24) is 0 Å². The van der Waals surface area contributed by atoms with Gasteiger partial charge in [0.05, 0.1) is 5.69 Å². The highest BCUT2D eigenvalue weighted by atomic mass is 79.9. The van der Waals surface area contributed by atoms with E-state index >= 15 is 0 Å². The smallest absolute Gasteiger partial charge is 0.286 e. The van der Waals surface area contributed by atoms with E-state index in [9.17, 15) is 13.2 Å². The largest absolute Gasteiger partial charge is 0.328 e. The highest BCUT2D eigenvalue weighted by Crippen LogP contribution is 2.35. The van der Waals surface area contributed by atoms with Crippen LogP contribution in [0.25, 0.3) is 0 Å². The number of anilines is 2. The van der Waals surface area contributed by atoms with Gasteiger partial charge in [0.15, 0.2) is 0 Å². The van der Waals surface area contributed by atoms with Crippen molar-refractivity contribution >= 4 is 49.1 Å². The first-order chi connectivity index (χ1) is 13.7. The average molecular weight is 476 g/mol. The Labute approximate surface area is 179 Å². The van der Waals surface area contributed by atoms with Crippen molar-refractivity contribution in [3.05, 3.63) is 52.0 Å². The zero-order valence-corrected chi connectivity index (χ0v) is 18.9. The van der Waals surface area contributed by atoms with Gasteiger partial charge in [-0.05, 0) is 61.2 Å². The van der Waals surface area contributed by atoms with Crippen LogP contribution in [0.1, 0.15) is 36.7 Å². The molecule has 2 aliphatic rings. The lowest BCUT2D eigenvalue weighted by Crippen LogP contribution is -2.37. The molecule has 2 heterocycles. The van der Waals surface area contributed by atoms with E-state index in [2.05, 4.69) is 34.2 Å². The Morgan fingerprint density at radius 2 is 1.90 bits per heavy atom. The second kappa shape index (κ2) is 7.25. The van der Waals surface area contributed by atoms with Gasteiger partial charge in [0, 0.05) is 28.8 Å². The molecule has 0 bridgehead atoms. The SMILES string of the molecule is CC1=NS(=O)(=O)c2cc(C(=O)N3CCc4cc(Br)ccc43)ccc2N1CC(C)C. The molecule has 0 unspecified atom stereocenters. The molecule has 0 radical (unpaired) electrons. The van der Waals surface area contributed by atoms with Gasteiger partial charge in [-0.15, -0.1) is 4.40 Å². The second-order valence-corrected chi connectivity index (χ2v) is 10.3. The fraction of sp³-hybridized carbons (Fsp3) is 0.333. The number of hydrogen-bond donors (Lipinski definition) is 0. The van der Waals surface area contributed by atoms with Crippen LogP contribution in [-0.2, 0) is 16.4 Å². The third kappa shape index (κ3) is 3.59. The maximum atomic E-state index is 13.2. The first-order valence-electron chi connectivity index (χ1n) is 9.51. The van der Waals surface area contributed by atoms with Crippen LogP contribution in [0.3, 0.4) is 0 Å². The fourth-order valence-electron chi connectivity index (χ4n) is 3.86. The minimum absolute atomic E-state index is 0.0878. The monoisotopic (exact) mass is 475 g/mol. The first-order valence-corrected chi connectivity index (χ1v) is 11.7. The third-order valence-electron chi connectivity index (χ3n) is 5.15. The van der Waals surface area contributed by atoms with Gasteiger partial charge in [-0.25, -0.2) is 0 Å². The van der Waals surface area contributed by atoms with Crippen molar-refractivity contribution in [2.24, 2.45) is 10.3 Å². The van der Waals surface area contributed by atoms with E-state index in [0.717, 1.165) is 22.1 Å². The summed E-state index contributed by atoms with van der Waals surface area (Å²) in [5.74, 6) is 0.575. The van der Waals surface area contributed by atoms with Crippen molar-refractivity contribution in [2.75, 3.05) is 22.9 Å². The van der Waals surface area contributed by atoms with Crippen LogP contribution in [-0.4, -0.2) is 33.3 Å². The lowest BCUT2D eigenvalue weighted by Gasteiger charge is -2.31. The molecule has 0 spiro atoms. The number of benzene rings is 2. The maximum Gasteiger partial charge on any atom is 0.286 e. The number of nitrogens with zero attached hydrogens (tertiary/aromatic N) is 3. The molecule has 0 aliphatic carbocycles. The topological polar surface area (TPSA) is 70.0 Å². The van der Waals surface area contributed by atoms with Gasteiger partial charge < -0.3 is 9.80 Å². The van der Waals surface area contributed by atoms with Crippen LogP contribution in [0.5, 0.6) is 0 Å². The van der Waals surface area contributed by atoms with E-state index in [0.29, 0.717) is 36.1 Å². The first kappa shape index (κ1) is 20.1. The Morgan fingerprint density at radius 3 is 2.62 bits per heavy atom. The molecular formula is C21H22BrN3O3S. The van der Waals surface area contributed by atoms with Gasteiger partial charge in [-0.2, -0.15) is 8.42 Å². The minimum Gasteiger partial charge on any atom is -0.328 e. The van der Waals surface area contributed by atoms with Crippen LogP contribution in [0.2, 0.25) is 0 Å². The number of carbonyl (C=O) groups is 1. The van der Waals surface area contributed by atoms with E-state index < -0.39 is 10.0 Å². The van der Waals surface area contributed by atoms with Gasteiger partial charge in [0.2, 0.25) is 0 Å². The fourth-order valence-corrected chi connectivity index (χ4v) is 5.53. The Bertz CT molecular complexity index is 1140. The molecule has 152 valence electrons. The molecule has 0 N–H and O–H groups in total. The second-order valence-electron chi connectivity index (χ2n) is 7.78. The summed E-state index contributed by atoms with van der Waals surface area (Å²) in [5, 5.41) is 0. The maximum absolute atomic E-state index is 13.2. The predicted molar refractivity (Wildman–Crippen MR) is 118 cm³/mol. The molecule has 6 nitrogen and oxygen atoms in total. The number of rotatable bonds is 3. The Balaban J connectivity index is 1.73. The van der Waals surface area contributed by atoms with Crippen molar-refractivity contribution in [2.45, 2.75) is 32.1 Å². The van der Waals surface area contributed by atoms with Crippen molar-refractivity contribution in [3.8, 4) is 0 Å². The molecule has 1 amide bonds. The molecule has 29 heavy (non-hydrogen) atoms. The van der Waals surface area contributed by atoms with E-state index in [1.165, 1.54) is 6.07 Å². The summed E-state index contributed by atoms with van der Waals surface area (Å²) >= 11 is 3.46. The summed E-state index contributed by atoms with van der Waals surface area (Å²) in [6, 6.07) is 10.7. The number of amidine groups is 1. The van der Waals surface area contributed by atoms with Gasteiger partial charge in [0.1, 0.15) is 10.7 Å². The Kier molecular flexibility index (Phi) is 5.02. The van der Waals surface area contributed by atoms with Crippen LogP contribution < -0.4 is 9.80 Å². The lowest BCUT2D eigenvalue weighted by molar-refractivity contribution is 0.0989. The number of amides is 1. The number of fused-ring (bicyclic) bond motifs is 2. The average Bonchev–Trinajstić information content (AvgIpc) is 3.06. The summed E-state index contributed by atoms with van der Waals surface area (Å²) in [6.07, 6.45) is 0.773. The summed E-state index contributed by atoms with van der Waals surface area (Å²) < 4.78 is 30.3. The van der Waals surface area contributed by atoms with E-state index in [4.69, 9.17) is 0 Å². The van der Waals surface area contributed by atoms with Crippen molar-refractivity contribution < 1.29 is 13.2 Å². The third-order valence-corrected chi connectivity index (χ3v) is 7.03. The molecule has 2 aromatic rings. The molecule has 0 fully saturated rings. The zero-order valence-electron chi connectivity index (χ0n) is 16.5. The van der Waals surface area contributed by atoms with Crippen LogP contribution in [0, 0.1) is 5.92 Å². The van der Waals surface area contributed by atoms with Gasteiger partial charge in [-0.1, -0.05) is 29.8 Å². The molecule has 0 saturated heterocycles. The van der Waals surface area contributed by atoms with E-state index in [1.54, 1.807) is 24.0 Å². The number of carbonyl (C=O) groups excluding carboxylic acids is 1. The molecule has 0 atom stereocenters. The van der Waals surface area contributed by atoms with Gasteiger partial charge in [-0.3, -0.25) is 4.79 Å². The zero-order chi connectivity index (χ0) is 20.9. The highest BCUT2D eigenvalue weighted by molar-refractivity contribution is 9.10. The van der Waals surface area contributed by atoms with Crippen LogP contribution in [0.15, 0.2) is 50.2 Å². The molecule has 8 heteroatoms. The van der Waals surface area contributed by atoms with Crippen LogP contribution >= 0.6 is 15.9 Å². The standard InChI is InChI=1S/C21H22BrN3O3S/c1-13(2)12-25-14(3)23-29(27,28)20-11-16(4-6-19(20)25)21(26)24-9-8-15-10-17(22)5-7-18(15)24/h4-7,10-11,13H,8-9,12H2,1-3H3. The van der Waals surface area contributed by atoms with Gasteiger partial charge in [0.25, 0.3) is 15.9 Å². The van der Waals surface area contributed by atoms with E-state index in [1.807, 2.05) is 23.1 Å². The molecule has 0 aromatic heterocycles. The van der Waals surface area contributed by atoms with E-state index in [-0.39, 0.29) is 10.8 Å². The number of sulfonamides is 1.